The number of nitrogens with zero attached hydrogens (tertiary/aromatic N) is 1. The summed E-state index contributed by atoms with van der Waals surface area (Å²) in [5.74, 6) is -1.12. The van der Waals surface area contributed by atoms with Crippen molar-refractivity contribution in [2.75, 3.05) is 0 Å². The van der Waals surface area contributed by atoms with Gasteiger partial charge in [-0.25, -0.2) is 8.78 Å². The third-order valence-corrected chi connectivity index (χ3v) is 4.04. The summed E-state index contributed by atoms with van der Waals surface area (Å²) in [7, 11) is 0. The lowest BCUT2D eigenvalue weighted by Gasteiger charge is -2.18. The molecule has 0 saturated carbocycles. The van der Waals surface area contributed by atoms with Gasteiger partial charge in [-0.2, -0.15) is 0 Å². The van der Waals surface area contributed by atoms with Gasteiger partial charge in [0.25, 0.3) is 0 Å². The highest BCUT2D eigenvalue weighted by atomic mass is 19.1. The van der Waals surface area contributed by atoms with E-state index < -0.39 is 11.6 Å². The molecule has 4 rings (SSSR count). The number of hydrogen-bond acceptors (Lipinski definition) is 1. The Morgan fingerprint density at radius 2 is 1.73 bits per heavy atom. The van der Waals surface area contributed by atoms with Gasteiger partial charge >= 0.3 is 0 Å². The van der Waals surface area contributed by atoms with Gasteiger partial charge in [0.05, 0.1) is 6.04 Å². The first-order chi connectivity index (χ1) is 10.7. The van der Waals surface area contributed by atoms with Crippen molar-refractivity contribution < 1.29 is 8.78 Å². The first-order valence-corrected chi connectivity index (χ1v) is 7.17. The summed E-state index contributed by atoms with van der Waals surface area (Å²) in [5, 5.41) is 3.40. The highest BCUT2D eigenvalue weighted by Crippen LogP contribution is 2.30. The van der Waals surface area contributed by atoms with E-state index in [1.54, 1.807) is 0 Å². The molecule has 1 N–H and O–H groups in total. The van der Waals surface area contributed by atoms with Gasteiger partial charge in [-0.1, -0.05) is 18.2 Å². The van der Waals surface area contributed by atoms with E-state index in [0.29, 0.717) is 12.1 Å². The molecule has 2 nitrogen and oxygen atoms in total. The summed E-state index contributed by atoms with van der Waals surface area (Å²) in [6.07, 6.45) is 1.98. The standard InChI is InChI=1S/C18H14F2N2/c19-14-8-13(9-15(20)10-14)18-17-6-3-7-22(17)16-5-2-1-4-12(16)11-21-18/h1-10,18,21H,11H2/t18-/m1/s1. The number of para-hydroxylation sites is 1. The molecule has 0 unspecified atom stereocenters. The number of nitrogens with one attached hydrogen (secondary N) is 1. The summed E-state index contributed by atoms with van der Waals surface area (Å²) in [6.45, 7) is 0.640. The molecular formula is C18H14F2N2. The van der Waals surface area contributed by atoms with Gasteiger partial charge in [-0.3, -0.25) is 0 Å². The molecule has 22 heavy (non-hydrogen) atoms. The summed E-state index contributed by atoms with van der Waals surface area (Å²) >= 11 is 0. The van der Waals surface area contributed by atoms with Gasteiger partial charge in [0.2, 0.25) is 0 Å². The summed E-state index contributed by atoms with van der Waals surface area (Å²) in [5.41, 5.74) is 3.80. The van der Waals surface area contributed by atoms with E-state index in [4.69, 9.17) is 0 Å². The van der Waals surface area contributed by atoms with Gasteiger partial charge in [0.1, 0.15) is 11.6 Å². The molecule has 1 aliphatic rings. The Morgan fingerprint density at radius 1 is 0.955 bits per heavy atom. The molecule has 0 saturated heterocycles. The molecule has 0 bridgehead atoms. The minimum absolute atomic E-state index is 0.257. The van der Waals surface area contributed by atoms with Gasteiger partial charge in [-0.15, -0.1) is 0 Å². The summed E-state index contributed by atoms with van der Waals surface area (Å²) in [4.78, 5) is 0. The van der Waals surface area contributed by atoms with Gasteiger partial charge in [0, 0.05) is 30.2 Å². The van der Waals surface area contributed by atoms with Crippen molar-refractivity contribution in [1.82, 2.24) is 9.88 Å². The van der Waals surface area contributed by atoms with E-state index >= 15 is 0 Å². The van der Waals surface area contributed by atoms with Crippen LogP contribution in [0.25, 0.3) is 5.69 Å². The predicted octanol–water partition coefficient (Wildman–Crippen LogP) is 3.95. The Labute approximate surface area is 127 Å². The maximum absolute atomic E-state index is 13.6. The second kappa shape index (κ2) is 5.07. The van der Waals surface area contributed by atoms with Crippen LogP contribution in [-0.4, -0.2) is 4.57 Å². The van der Waals surface area contributed by atoms with Gasteiger partial charge in [-0.05, 0) is 41.5 Å². The van der Waals surface area contributed by atoms with Crippen LogP contribution in [0.3, 0.4) is 0 Å². The molecular weight excluding hydrogens is 282 g/mol. The molecule has 110 valence electrons. The average molecular weight is 296 g/mol. The lowest BCUT2D eigenvalue weighted by molar-refractivity contribution is 0.558. The molecule has 1 aromatic heterocycles. The minimum Gasteiger partial charge on any atom is -0.319 e. The zero-order valence-electron chi connectivity index (χ0n) is 11.8. The van der Waals surface area contributed by atoms with Crippen LogP contribution in [0.1, 0.15) is 22.9 Å². The quantitative estimate of drug-likeness (QED) is 0.719. The van der Waals surface area contributed by atoms with E-state index in [9.17, 15) is 8.78 Å². The third kappa shape index (κ3) is 2.12. The third-order valence-electron chi connectivity index (χ3n) is 4.04. The highest BCUT2D eigenvalue weighted by molar-refractivity contribution is 5.46. The molecule has 1 atom stereocenters. The molecule has 2 heterocycles. The zero-order valence-corrected chi connectivity index (χ0v) is 11.8. The fourth-order valence-electron chi connectivity index (χ4n) is 3.09. The van der Waals surface area contributed by atoms with Gasteiger partial charge < -0.3 is 9.88 Å². The molecule has 0 spiro atoms. The van der Waals surface area contributed by atoms with E-state index in [1.165, 1.54) is 12.1 Å². The second-order valence-corrected chi connectivity index (χ2v) is 5.45. The monoisotopic (exact) mass is 296 g/mol. The SMILES string of the molecule is Fc1cc(F)cc([C@H]2NCc3ccccc3-n3cccc32)c1. The fraction of sp³-hybridized carbons (Fsp3) is 0.111. The smallest absolute Gasteiger partial charge is 0.126 e. The number of benzene rings is 2. The summed E-state index contributed by atoms with van der Waals surface area (Å²) in [6, 6.07) is 15.4. The van der Waals surface area contributed by atoms with E-state index in [1.807, 2.05) is 30.5 Å². The molecule has 0 aliphatic carbocycles. The van der Waals surface area contributed by atoms with Crippen molar-refractivity contribution in [1.29, 1.82) is 0 Å². The average Bonchev–Trinajstić information content (AvgIpc) is 2.90. The van der Waals surface area contributed by atoms with Crippen LogP contribution in [0.2, 0.25) is 0 Å². The van der Waals surface area contributed by atoms with E-state index in [2.05, 4.69) is 22.0 Å². The molecule has 4 heteroatoms. The first-order valence-electron chi connectivity index (χ1n) is 7.17. The van der Waals surface area contributed by atoms with Crippen molar-refractivity contribution in [3.63, 3.8) is 0 Å². The Morgan fingerprint density at radius 3 is 2.55 bits per heavy atom. The lowest BCUT2D eigenvalue weighted by Crippen LogP contribution is -2.21. The number of aromatic nitrogens is 1. The molecule has 0 fully saturated rings. The van der Waals surface area contributed by atoms with E-state index in [-0.39, 0.29) is 6.04 Å². The Bertz CT molecular complexity index is 818. The number of halogens is 2. The van der Waals surface area contributed by atoms with Crippen LogP contribution < -0.4 is 5.32 Å². The largest absolute Gasteiger partial charge is 0.319 e. The summed E-state index contributed by atoms with van der Waals surface area (Å²) < 4.78 is 29.2. The van der Waals surface area contributed by atoms with Crippen molar-refractivity contribution in [2.45, 2.75) is 12.6 Å². The van der Waals surface area contributed by atoms with Crippen molar-refractivity contribution in [2.24, 2.45) is 0 Å². The normalized spacial score (nSPS) is 16.7. The molecule has 1 aliphatic heterocycles. The van der Waals surface area contributed by atoms with Gasteiger partial charge in [0.15, 0.2) is 0 Å². The topological polar surface area (TPSA) is 17.0 Å². The maximum atomic E-state index is 13.6. The van der Waals surface area contributed by atoms with Crippen LogP contribution >= 0.6 is 0 Å². The van der Waals surface area contributed by atoms with Crippen LogP contribution in [0.4, 0.5) is 8.78 Å². The van der Waals surface area contributed by atoms with Crippen molar-refractivity contribution >= 4 is 0 Å². The number of rotatable bonds is 1. The van der Waals surface area contributed by atoms with Crippen molar-refractivity contribution in [3.8, 4) is 5.69 Å². The van der Waals surface area contributed by atoms with Crippen molar-refractivity contribution in [3.05, 3.63) is 89.2 Å². The number of fused-ring (bicyclic) bond motifs is 3. The Hall–Kier alpha value is -2.46. The minimum atomic E-state index is -0.559. The first kappa shape index (κ1) is 13.2. The van der Waals surface area contributed by atoms with Crippen LogP contribution in [0.5, 0.6) is 0 Å². The fourth-order valence-corrected chi connectivity index (χ4v) is 3.09. The Balaban J connectivity index is 1.88. The maximum Gasteiger partial charge on any atom is 0.126 e. The molecule has 0 amide bonds. The molecule has 3 aromatic rings. The predicted molar refractivity (Wildman–Crippen MR) is 80.8 cm³/mol. The zero-order chi connectivity index (χ0) is 15.1. The second-order valence-electron chi connectivity index (χ2n) is 5.45. The van der Waals surface area contributed by atoms with Crippen LogP contribution in [0, 0.1) is 11.6 Å². The Kier molecular flexibility index (Phi) is 3.05. The van der Waals surface area contributed by atoms with Crippen LogP contribution in [0.15, 0.2) is 60.8 Å². The molecule has 2 aromatic carbocycles. The number of hydrogen-bond donors (Lipinski definition) is 1. The highest BCUT2D eigenvalue weighted by Gasteiger charge is 2.23. The molecule has 0 radical (unpaired) electrons. The van der Waals surface area contributed by atoms with E-state index in [0.717, 1.165) is 23.0 Å². The lowest BCUT2D eigenvalue weighted by atomic mass is 10.0. The van der Waals surface area contributed by atoms with Crippen LogP contribution in [-0.2, 0) is 6.54 Å².